The number of nitrogens with zero attached hydrogens (tertiary/aromatic N) is 3. The first-order valence-electron chi connectivity index (χ1n) is 6.63. The minimum atomic E-state index is 0.317. The summed E-state index contributed by atoms with van der Waals surface area (Å²) in [7, 11) is 0. The summed E-state index contributed by atoms with van der Waals surface area (Å²) >= 11 is 0. The van der Waals surface area contributed by atoms with Crippen molar-refractivity contribution in [2.75, 3.05) is 5.73 Å². The maximum absolute atomic E-state index is 5.74. The summed E-state index contributed by atoms with van der Waals surface area (Å²) in [6.07, 6.45) is 2.55. The van der Waals surface area contributed by atoms with Crippen LogP contribution < -0.4 is 5.73 Å². The molecule has 19 heavy (non-hydrogen) atoms. The van der Waals surface area contributed by atoms with Crippen molar-refractivity contribution in [1.82, 2.24) is 15.0 Å². The molecule has 0 spiro atoms. The molecule has 1 aromatic carbocycles. The van der Waals surface area contributed by atoms with Gasteiger partial charge in [-0.05, 0) is 25.8 Å². The predicted molar refractivity (Wildman–Crippen MR) is 77.0 cm³/mol. The zero-order valence-electron chi connectivity index (χ0n) is 11.8. The molecule has 0 atom stereocenters. The average molecular weight is 256 g/mol. The minimum Gasteiger partial charge on any atom is -0.368 e. The Bertz CT molecular complexity index is 558. The number of nitrogen functional groups attached to an aromatic ring is 1. The first-order valence-corrected chi connectivity index (χ1v) is 6.63. The third-order valence-electron chi connectivity index (χ3n) is 2.86. The molecular formula is C15H20N4. The van der Waals surface area contributed by atoms with Gasteiger partial charge in [0.2, 0.25) is 5.95 Å². The van der Waals surface area contributed by atoms with E-state index in [4.69, 9.17) is 5.73 Å². The van der Waals surface area contributed by atoms with Crippen molar-refractivity contribution in [3.63, 3.8) is 0 Å². The summed E-state index contributed by atoms with van der Waals surface area (Å²) in [6.45, 7) is 6.30. The molecule has 0 aliphatic rings. The standard InChI is InChI=1S/C15H20N4/c1-4-5-13-17-14(19-15(16)18-13)9-12-7-10(2)6-11(3)8-12/h6-8H,4-5,9H2,1-3H3,(H2,16,17,18,19). The first-order chi connectivity index (χ1) is 9.06. The van der Waals surface area contributed by atoms with Crippen LogP contribution in [0.1, 0.15) is 41.7 Å². The number of rotatable bonds is 4. The smallest absolute Gasteiger partial charge is 0.223 e. The highest BCUT2D eigenvalue weighted by Crippen LogP contribution is 2.12. The van der Waals surface area contributed by atoms with Crippen LogP contribution in [0.5, 0.6) is 0 Å². The van der Waals surface area contributed by atoms with Crippen LogP contribution in [0, 0.1) is 13.8 Å². The van der Waals surface area contributed by atoms with Crippen molar-refractivity contribution >= 4 is 5.95 Å². The highest BCUT2D eigenvalue weighted by Gasteiger charge is 2.06. The summed E-state index contributed by atoms with van der Waals surface area (Å²) in [4.78, 5) is 12.9. The van der Waals surface area contributed by atoms with Gasteiger partial charge in [0.25, 0.3) is 0 Å². The normalized spacial score (nSPS) is 10.7. The van der Waals surface area contributed by atoms with E-state index in [0.717, 1.165) is 24.5 Å². The highest BCUT2D eigenvalue weighted by molar-refractivity contribution is 5.31. The summed E-state index contributed by atoms with van der Waals surface area (Å²) < 4.78 is 0. The molecule has 0 fully saturated rings. The van der Waals surface area contributed by atoms with E-state index in [0.29, 0.717) is 12.4 Å². The van der Waals surface area contributed by atoms with Crippen molar-refractivity contribution in [2.45, 2.75) is 40.0 Å². The van der Waals surface area contributed by atoms with Gasteiger partial charge < -0.3 is 5.73 Å². The van der Waals surface area contributed by atoms with E-state index in [9.17, 15) is 0 Å². The van der Waals surface area contributed by atoms with Gasteiger partial charge in [0.05, 0.1) is 0 Å². The second kappa shape index (κ2) is 5.78. The number of nitrogens with two attached hydrogens (primary N) is 1. The maximum atomic E-state index is 5.74. The predicted octanol–water partition coefficient (Wildman–Crippen LogP) is 2.61. The van der Waals surface area contributed by atoms with Crippen LogP contribution in [0.3, 0.4) is 0 Å². The summed E-state index contributed by atoms with van der Waals surface area (Å²) in [5, 5.41) is 0. The van der Waals surface area contributed by atoms with Crippen LogP contribution in [0.25, 0.3) is 0 Å². The van der Waals surface area contributed by atoms with Gasteiger partial charge in [-0.15, -0.1) is 0 Å². The van der Waals surface area contributed by atoms with Crippen LogP contribution >= 0.6 is 0 Å². The van der Waals surface area contributed by atoms with Crippen molar-refractivity contribution in [1.29, 1.82) is 0 Å². The largest absolute Gasteiger partial charge is 0.368 e. The van der Waals surface area contributed by atoms with Crippen LogP contribution in [-0.4, -0.2) is 15.0 Å². The van der Waals surface area contributed by atoms with Gasteiger partial charge in [0.15, 0.2) is 0 Å². The molecule has 2 rings (SSSR count). The van der Waals surface area contributed by atoms with Crippen LogP contribution in [0.15, 0.2) is 18.2 Å². The number of aromatic nitrogens is 3. The molecule has 0 aliphatic carbocycles. The quantitative estimate of drug-likeness (QED) is 0.913. The van der Waals surface area contributed by atoms with E-state index in [1.807, 2.05) is 0 Å². The van der Waals surface area contributed by atoms with Crippen molar-refractivity contribution in [3.05, 3.63) is 46.5 Å². The number of hydrogen-bond donors (Lipinski definition) is 1. The van der Waals surface area contributed by atoms with Crippen LogP contribution in [-0.2, 0) is 12.8 Å². The molecule has 0 amide bonds. The third kappa shape index (κ3) is 3.74. The van der Waals surface area contributed by atoms with E-state index >= 15 is 0 Å². The maximum Gasteiger partial charge on any atom is 0.223 e. The van der Waals surface area contributed by atoms with Crippen LogP contribution in [0.2, 0.25) is 0 Å². The molecule has 2 N–H and O–H groups in total. The molecule has 4 nitrogen and oxygen atoms in total. The fourth-order valence-electron chi connectivity index (χ4n) is 2.26. The zero-order chi connectivity index (χ0) is 13.8. The number of benzene rings is 1. The van der Waals surface area contributed by atoms with Gasteiger partial charge in [-0.3, -0.25) is 0 Å². The van der Waals surface area contributed by atoms with Gasteiger partial charge in [-0.1, -0.05) is 36.2 Å². The van der Waals surface area contributed by atoms with Gasteiger partial charge in [-0.25, -0.2) is 4.98 Å². The molecule has 0 unspecified atom stereocenters. The molecule has 1 heterocycles. The summed E-state index contributed by atoms with van der Waals surface area (Å²) in [6, 6.07) is 6.48. The second-order valence-corrected chi connectivity index (χ2v) is 4.95. The number of anilines is 1. The Morgan fingerprint density at radius 3 is 2.21 bits per heavy atom. The van der Waals surface area contributed by atoms with Gasteiger partial charge >= 0.3 is 0 Å². The van der Waals surface area contributed by atoms with E-state index in [1.54, 1.807) is 0 Å². The Hall–Kier alpha value is -1.97. The molecule has 0 bridgehead atoms. The molecule has 0 radical (unpaired) electrons. The van der Waals surface area contributed by atoms with Crippen molar-refractivity contribution < 1.29 is 0 Å². The van der Waals surface area contributed by atoms with E-state index in [-0.39, 0.29) is 0 Å². The van der Waals surface area contributed by atoms with E-state index in [2.05, 4.69) is 53.9 Å². The topological polar surface area (TPSA) is 64.7 Å². The fraction of sp³-hybridized carbons (Fsp3) is 0.400. The van der Waals surface area contributed by atoms with Crippen LogP contribution in [0.4, 0.5) is 5.95 Å². The lowest BCUT2D eigenvalue weighted by Gasteiger charge is -2.06. The Kier molecular flexibility index (Phi) is 4.10. The highest BCUT2D eigenvalue weighted by atomic mass is 15.1. The average Bonchev–Trinajstić information content (AvgIpc) is 2.26. The molecule has 4 heteroatoms. The molecule has 2 aromatic rings. The van der Waals surface area contributed by atoms with Gasteiger partial charge in [0.1, 0.15) is 11.6 Å². The summed E-state index contributed by atoms with van der Waals surface area (Å²) in [5.41, 5.74) is 9.47. The first kappa shape index (κ1) is 13.5. The Labute approximate surface area is 114 Å². The van der Waals surface area contributed by atoms with E-state index in [1.165, 1.54) is 16.7 Å². The summed E-state index contributed by atoms with van der Waals surface area (Å²) in [5.74, 6) is 1.85. The van der Waals surface area contributed by atoms with Gasteiger partial charge in [0, 0.05) is 12.8 Å². The Morgan fingerprint density at radius 2 is 1.58 bits per heavy atom. The molecule has 100 valence electrons. The van der Waals surface area contributed by atoms with E-state index < -0.39 is 0 Å². The SMILES string of the molecule is CCCc1nc(N)nc(Cc2cc(C)cc(C)c2)n1. The lowest BCUT2D eigenvalue weighted by Crippen LogP contribution is -2.08. The lowest BCUT2D eigenvalue weighted by molar-refractivity contribution is 0.792. The van der Waals surface area contributed by atoms with Gasteiger partial charge in [-0.2, -0.15) is 9.97 Å². The Balaban J connectivity index is 2.27. The zero-order valence-corrected chi connectivity index (χ0v) is 11.8. The Morgan fingerprint density at radius 1 is 0.947 bits per heavy atom. The third-order valence-corrected chi connectivity index (χ3v) is 2.86. The molecule has 0 saturated heterocycles. The molecule has 0 aliphatic heterocycles. The van der Waals surface area contributed by atoms with Crippen molar-refractivity contribution in [2.24, 2.45) is 0 Å². The monoisotopic (exact) mass is 256 g/mol. The second-order valence-electron chi connectivity index (χ2n) is 4.95. The number of aryl methyl sites for hydroxylation is 3. The molecular weight excluding hydrogens is 236 g/mol. The minimum absolute atomic E-state index is 0.317. The fourth-order valence-corrected chi connectivity index (χ4v) is 2.26. The van der Waals surface area contributed by atoms with Crippen molar-refractivity contribution in [3.8, 4) is 0 Å². The lowest BCUT2D eigenvalue weighted by atomic mass is 10.0. The number of hydrogen-bond acceptors (Lipinski definition) is 4. The molecule has 1 aromatic heterocycles. The molecule has 0 saturated carbocycles.